The summed E-state index contributed by atoms with van der Waals surface area (Å²) in [6.45, 7) is 8.04. The van der Waals surface area contributed by atoms with Crippen LogP contribution in [0.25, 0.3) is 0 Å². The number of nitrogens with one attached hydrogen (secondary N) is 1. The Hall–Kier alpha value is -3.07. The first kappa shape index (κ1) is 24.2. The van der Waals surface area contributed by atoms with E-state index in [2.05, 4.69) is 10.5 Å². The van der Waals surface area contributed by atoms with Gasteiger partial charge in [0.2, 0.25) is 10.0 Å². The number of rotatable bonds is 10. The second kappa shape index (κ2) is 10.8. The van der Waals surface area contributed by atoms with Crippen LogP contribution in [-0.2, 0) is 14.8 Å². The van der Waals surface area contributed by atoms with E-state index in [1.807, 2.05) is 32.9 Å². The predicted molar refractivity (Wildman–Crippen MR) is 123 cm³/mol. The zero-order valence-electron chi connectivity index (χ0n) is 18.5. The van der Waals surface area contributed by atoms with Gasteiger partial charge in [-0.05, 0) is 68.7 Å². The average Bonchev–Trinajstić information content (AvgIpc) is 2.69. The summed E-state index contributed by atoms with van der Waals surface area (Å²) in [5.74, 6) is 0.652. The molecular weight excluding hydrogens is 418 g/mol. The first-order valence-corrected chi connectivity index (χ1v) is 11.8. The van der Waals surface area contributed by atoms with Crippen molar-refractivity contribution in [1.29, 1.82) is 0 Å². The molecule has 1 N–H and O–H groups in total. The summed E-state index contributed by atoms with van der Waals surface area (Å²) in [4.78, 5) is 12.4. The van der Waals surface area contributed by atoms with Crippen molar-refractivity contribution < 1.29 is 22.7 Å². The van der Waals surface area contributed by atoms with Crippen molar-refractivity contribution in [3.63, 3.8) is 0 Å². The van der Waals surface area contributed by atoms with Crippen LogP contribution in [0.15, 0.2) is 41.5 Å². The minimum absolute atomic E-state index is 0.381. The quantitative estimate of drug-likeness (QED) is 0.446. The highest BCUT2D eigenvalue weighted by atomic mass is 32.2. The molecule has 1 amide bonds. The SMILES string of the molecule is CCOc1ccc(/C=N\NC(=O)CN(c2cc(C)ccc2C)S(C)(=O)=O)cc1OCC. The van der Waals surface area contributed by atoms with Gasteiger partial charge in [0.25, 0.3) is 5.91 Å². The third-order valence-corrected chi connectivity index (χ3v) is 5.42. The first-order chi connectivity index (χ1) is 14.7. The van der Waals surface area contributed by atoms with Gasteiger partial charge in [0, 0.05) is 0 Å². The number of hydrogen-bond acceptors (Lipinski definition) is 6. The number of anilines is 1. The van der Waals surface area contributed by atoms with Gasteiger partial charge in [0.1, 0.15) is 6.54 Å². The van der Waals surface area contributed by atoms with Crippen LogP contribution in [0.1, 0.15) is 30.5 Å². The normalized spacial score (nSPS) is 11.4. The zero-order chi connectivity index (χ0) is 23.0. The molecule has 0 saturated heterocycles. The first-order valence-electron chi connectivity index (χ1n) is 9.92. The van der Waals surface area contributed by atoms with Gasteiger partial charge in [0.15, 0.2) is 11.5 Å². The highest BCUT2D eigenvalue weighted by molar-refractivity contribution is 7.92. The molecule has 0 aliphatic rings. The van der Waals surface area contributed by atoms with Crippen LogP contribution < -0.4 is 19.2 Å². The molecule has 0 spiro atoms. The molecule has 0 fully saturated rings. The van der Waals surface area contributed by atoms with Crippen LogP contribution >= 0.6 is 0 Å². The number of benzene rings is 2. The minimum Gasteiger partial charge on any atom is -0.490 e. The third kappa shape index (κ3) is 6.99. The van der Waals surface area contributed by atoms with E-state index < -0.39 is 15.9 Å². The van der Waals surface area contributed by atoms with Gasteiger partial charge < -0.3 is 9.47 Å². The Labute approximate surface area is 183 Å². The van der Waals surface area contributed by atoms with Crippen LogP contribution in [0, 0.1) is 13.8 Å². The van der Waals surface area contributed by atoms with E-state index in [1.165, 1.54) is 6.21 Å². The van der Waals surface area contributed by atoms with Gasteiger partial charge in [-0.3, -0.25) is 9.10 Å². The molecular formula is C22H29N3O5S. The number of nitrogens with zero attached hydrogens (tertiary/aromatic N) is 2. The summed E-state index contributed by atoms with van der Waals surface area (Å²) >= 11 is 0. The lowest BCUT2D eigenvalue weighted by Gasteiger charge is -2.23. The van der Waals surface area contributed by atoms with E-state index in [9.17, 15) is 13.2 Å². The fraction of sp³-hybridized carbons (Fsp3) is 0.364. The molecule has 9 heteroatoms. The fourth-order valence-corrected chi connectivity index (χ4v) is 3.77. The molecule has 2 aromatic rings. The number of amides is 1. The lowest BCUT2D eigenvalue weighted by molar-refractivity contribution is -0.119. The van der Waals surface area contributed by atoms with Crippen LogP contribution in [0.5, 0.6) is 11.5 Å². The smallest absolute Gasteiger partial charge is 0.260 e. The monoisotopic (exact) mass is 447 g/mol. The van der Waals surface area contributed by atoms with E-state index in [-0.39, 0.29) is 6.54 Å². The molecule has 2 rings (SSSR count). The van der Waals surface area contributed by atoms with Gasteiger partial charge >= 0.3 is 0 Å². The van der Waals surface area contributed by atoms with Gasteiger partial charge in [-0.2, -0.15) is 5.10 Å². The van der Waals surface area contributed by atoms with Crippen molar-refractivity contribution in [3.8, 4) is 11.5 Å². The predicted octanol–water partition coefficient (Wildman–Crippen LogP) is 3.02. The Morgan fingerprint density at radius 1 is 1.06 bits per heavy atom. The minimum atomic E-state index is -3.66. The van der Waals surface area contributed by atoms with Crippen LogP contribution in [0.2, 0.25) is 0 Å². The summed E-state index contributed by atoms with van der Waals surface area (Å²) in [6, 6.07) is 10.7. The van der Waals surface area contributed by atoms with Crippen molar-refractivity contribution in [2.45, 2.75) is 27.7 Å². The van der Waals surface area contributed by atoms with E-state index >= 15 is 0 Å². The van der Waals surface area contributed by atoms with Crippen molar-refractivity contribution in [2.75, 3.05) is 30.3 Å². The Morgan fingerprint density at radius 2 is 1.74 bits per heavy atom. The second-order valence-corrected chi connectivity index (χ2v) is 8.83. The highest BCUT2D eigenvalue weighted by Gasteiger charge is 2.22. The Bertz CT molecular complexity index is 1050. The van der Waals surface area contributed by atoms with Gasteiger partial charge in [-0.15, -0.1) is 0 Å². The molecule has 0 atom stereocenters. The molecule has 8 nitrogen and oxygen atoms in total. The Morgan fingerprint density at radius 3 is 2.39 bits per heavy atom. The van der Waals surface area contributed by atoms with Crippen molar-refractivity contribution in [1.82, 2.24) is 5.43 Å². The topological polar surface area (TPSA) is 97.3 Å². The number of aryl methyl sites for hydroxylation is 2. The Kier molecular flexibility index (Phi) is 8.44. The molecule has 0 aliphatic carbocycles. The number of carbonyl (C=O) groups is 1. The zero-order valence-corrected chi connectivity index (χ0v) is 19.3. The largest absolute Gasteiger partial charge is 0.490 e. The maximum Gasteiger partial charge on any atom is 0.260 e. The second-order valence-electron chi connectivity index (χ2n) is 6.92. The van der Waals surface area contributed by atoms with Crippen LogP contribution in [-0.4, -0.2) is 46.6 Å². The lowest BCUT2D eigenvalue weighted by Crippen LogP contribution is -2.39. The molecule has 0 saturated carbocycles. The van der Waals surface area contributed by atoms with Gasteiger partial charge in [0.05, 0.1) is 31.4 Å². The standard InChI is InChI=1S/C22H29N3O5S/c1-6-29-20-11-10-18(13-21(20)30-7-2)14-23-24-22(26)15-25(31(5,27)28)19-12-16(3)8-9-17(19)4/h8-14H,6-7,15H2,1-5H3,(H,24,26)/b23-14-. The molecule has 31 heavy (non-hydrogen) atoms. The highest BCUT2D eigenvalue weighted by Crippen LogP contribution is 2.28. The van der Waals surface area contributed by atoms with E-state index in [0.29, 0.717) is 36.0 Å². The fourth-order valence-electron chi connectivity index (χ4n) is 2.86. The van der Waals surface area contributed by atoms with E-state index in [0.717, 1.165) is 21.7 Å². The van der Waals surface area contributed by atoms with Crippen molar-refractivity contribution in [2.24, 2.45) is 5.10 Å². The van der Waals surface area contributed by atoms with Crippen molar-refractivity contribution >= 4 is 27.8 Å². The van der Waals surface area contributed by atoms with Crippen molar-refractivity contribution in [3.05, 3.63) is 53.1 Å². The molecule has 0 radical (unpaired) electrons. The molecule has 0 bridgehead atoms. The summed E-state index contributed by atoms with van der Waals surface area (Å²) < 4.78 is 36.7. The number of carbonyl (C=O) groups excluding carboxylic acids is 1. The van der Waals surface area contributed by atoms with E-state index in [4.69, 9.17) is 9.47 Å². The lowest BCUT2D eigenvalue weighted by atomic mass is 10.1. The van der Waals surface area contributed by atoms with Crippen LogP contribution in [0.3, 0.4) is 0 Å². The molecule has 0 heterocycles. The number of hydrazone groups is 1. The Balaban J connectivity index is 2.13. The molecule has 0 aliphatic heterocycles. The van der Waals surface area contributed by atoms with Crippen LogP contribution in [0.4, 0.5) is 5.69 Å². The van der Waals surface area contributed by atoms with Gasteiger partial charge in [-0.1, -0.05) is 12.1 Å². The average molecular weight is 448 g/mol. The van der Waals surface area contributed by atoms with Gasteiger partial charge in [-0.25, -0.2) is 13.8 Å². The molecule has 2 aromatic carbocycles. The van der Waals surface area contributed by atoms with E-state index in [1.54, 1.807) is 31.2 Å². The summed E-state index contributed by atoms with van der Waals surface area (Å²) in [6.07, 6.45) is 2.53. The maximum atomic E-state index is 12.4. The summed E-state index contributed by atoms with van der Waals surface area (Å²) in [7, 11) is -3.66. The number of ether oxygens (including phenoxy) is 2. The molecule has 168 valence electrons. The maximum absolute atomic E-state index is 12.4. The molecule has 0 unspecified atom stereocenters. The number of hydrogen-bond donors (Lipinski definition) is 1. The number of sulfonamides is 1. The third-order valence-electron chi connectivity index (χ3n) is 4.29. The summed E-state index contributed by atoms with van der Waals surface area (Å²) in [5, 5.41) is 3.94. The summed E-state index contributed by atoms with van der Waals surface area (Å²) in [5.41, 5.74) is 5.20. The molecule has 0 aromatic heterocycles.